The van der Waals surface area contributed by atoms with E-state index in [9.17, 15) is 4.79 Å². The average molecular weight is 438 g/mol. The van der Waals surface area contributed by atoms with Gasteiger partial charge in [-0.05, 0) is 24.8 Å². The lowest BCUT2D eigenvalue weighted by Crippen LogP contribution is -2.41. The highest BCUT2D eigenvalue weighted by Crippen LogP contribution is 2.18. The third kappa shape index (κ3) is 5.87. The summed E-state index contributed by atoms with van der Waals surface area (Å²) in [5.41, 5.74) is 1.27. The molecule has 0 bridgehead atoms. The molecule has 0 radical (unpaired) electrons. The first-order chi connectivity index (χ1) is 15.7. The van der Waals surface area contributed by atoms with E-state index in [2.05, 4.69) is 42.5 Å². The van der Waals surface area contributed by atoms with Gasteiger partial charge in [0.05, 0.1) is 0 Å². The van der Waals surface area contributed by atoms with E-state index in [-0.39, 0.29) is 5.91 Å². The number of nitrogens with zero attached hydrogens (tertiary/aromatic N) is 5. The van der Waals surface area contributed by atoms with Crippen molar-refractivity contribution in [2.45, 2.75) is 51.5 Å². The summed E-state index contributed by atoms with van der Waals surface area (Å²) < 4.78 is 2.29. The fourth-order valence-corrected chi connectivity index (χ4v) is 4.60. The lowest BCUT2D eigenvalue weighted by atomic mass is 10.1. The number of aliphatic imine (C=N–C) groups is 1. The van der Waals surface area contributed by atoms with Gasteiger partial charge in [0.1, 0.15) is 11.6 Å². The number of aryl methyl sites for hydroxylation is 1. The second kappa shape index (κ2) is 11.1. The first-order valence-corrected chi connectivity index (χ1v) is 11.9. The number of guanidine groups is 1. The van der Waals surface area contributed by atoms with E-state index in [0.717, 1.165) is 69.6 Å². The van der Waals surface area contributed by atoms with E-state index < -0.39 is 0 Å². The minimum Gasteiger partial charge on any atom is -0.356 e. The Bertz CT molecular complexity index is 908. The molecule has 3 heterocycles. The van der Waals surface area contributed by atoms with Gasteiger partial charge in [0, 0.05) is 65.0 Å². The number of aromatic nitrogens is 3. The smallest absolute Gasteiger partial charge is 0.223 e. The van der Waals surface area contributed by atoms with Crippen LogP contribution in [0.15, 0.2) is 35.3 Å². The minimum atomic E-state index is 0.253. The molecule has 2 aliphatic rings. The van der Waals surface area contributed by atoms with Gasteiger partial charge in [0.15, 0.2) is 5.96 Å². The van der Waals surface area contributed by atoms with Gasteiger partial charge in [-0.25, -0.2) is 0 Å². The Kier molecular flexibility index (Phi) is 7.74. The molecule has 1 unspecified atom stereocenters. The predicted octanol–water partition coefficient (Wildman–Crippen LogP) is 1.80. The molecule has 1 atom stereocenters. The first kappa shape index (κ1) is 22.3. The van der Waals surface area contributed by atoms with Crippen LogP contribution in [0.3, 0.4) is 0 Å². The number of amides is 1. The average Bonchev–Trinajstić information content (AvgIpc) is 3.28. The molecule has 1 amide bonds. The zero-order valence-electron chi connectivity index (χ0n) is 19.1. The summed E-state index contributed by atoms with van der Waals surface area (Å²) in [6.07, 6.45) is 7.05. The quantitative estimate of drug-likeness (QED) is 0.486. The number of nitrogens with one attached hydrogen (secondary N) is 2. The number of hydrogen-bond donors (Lipinski definition) is 2. The van der Waals surface area contributed by atoms with Crippen molar-refractivity contribution in [3.05, 3.63) is 47.5 Å². The monoisotopic (exact) mass is 437 g/mol. The van der Waals surface area contributed by atoms with Crippen molar-refractivity contribution in [3.8, 4) is 0 Å². The van der Waals surface area contributed by atoms with Gasteiger partial charge < -0.3 is 20.1 Å². The van der Waals surface area contributed by atoms with Crippen LogP contribution in [0.1, 0.15) is 42.9 Å². The van der Waals surface area contributed by atoms with E-state index in [4.69, 9.17) is 0 Å². The molecule has 4 rings (SSSR count). The van der Waals surface area contributed by atoms with Gasteiger partial charge in [0.2, 0.25) is 5.91 Å². The molecule has 1 fully saturated rings. The normalized spacial score (nSPS) is 19.0. The molecular formula is C24H35N7O. The summed E-state index contributed by atoms with van der Waals surface area (Å²) in [5.74, 6) is 3.52. The summed E-state index contributed by atoms with van der Waals surface area (Å²) >= 11 is 0. The molecule has 172 valence electrons. The molecule has 8 nitrogen and oxygen atoms in total. The number of carbonyl (C=O) groups is 1. The molecule has 0 saturated carbocycles. The Morgan fingerprint density at radius 1 is 1.12 bits per heavy atom. The van der Waals surface area contributed by atoms with Crippen molar-refractivity contribution in [1.29, 1.82) is 0 Å². The molecule has 2 aromatic rings. The standard InChI is InChI=1S/C24H35N7O/c1-25-24(26-13-11-22-29-28-21-10-6-3-7-14-31(21)22)27-17-20-16-23(32)30(18-20)15-12-19-8-4-2-5-9-19/h2,4-5,8-9,20H,3,6-7,10-18H2,1H3,(H2,25,26,27). The van der Waals surface area contributed by atoms with Gasteiger partial charge in [0.25, 0.3) is 0 Å². The fourth-order valence-electron chi connectivity index (χ4n) is 4.60. The lowest BCUT2D eigenvalue weighted by molar-refractivity contribution is -0.127. The maximum absolute atomic E-state index is 12.4. The largest absolute Gasteiger partial charge is 0.356 e. The summed E-state index contributed by atoms with van der Waals surface area (Å²) in [4.78, 5) is 18.7. The number of benzene rings is 1. The van der Waals surface area contributed by atoms with Crippen molar-refractivity contribution in [2.24, 2.45) is 10.9 Å². The molecule has 2 aliphatic heterocycles. The van der Waals surface area contributed by atoms with Crippen molar-refractivity contribution in [1.82, 2.24) is 30.3 Å². The molecule has 1 aromatic carbocycles. The molecule has 8 heteroatoms. The highest BCUT2D eigenvalue weighted by Gasteiger charge is 2.29. The molecule has 0 aliphatic carbocycles. The first-order valence-electron chi connectivity index (χ1n) is 11.9. The van der Waals surface area contributed by atoms with E-state index in [1.165, 1.54) is 24.8 Å². The minimum absolute atomic E-state index is 0.253. The number of rotatable bonds is 8. The van der Waals surface area contributed by atoms with Crippen LogP contribution in [0.25, 0.3) is 0 Å². The highest BCUT2D eigenvalue weighted by molar-refractivity contribution is 5.80. The van der Waals surface area contributed by atoms with Crippen LogP contribution in [-0.4, -0.2) is 64.8 Å². The van der Waals surface area contributed by atoms with Crippen LogP contribution in [0.4, 0.5) is 0 Å². The molecule has 1 saturated heterocycles. The van der Waals surface area contributed by atoms with E-state index >= 15 is 0 Å². The van der Waals surface area contributed by atoms with E-state index in [1.807, 2.05) is 23.1 Å². The third-order valence-corrected chi connectivity index (χ3v) is 6.42. The summed E-state index contributed by atoms with van der Waals surface area (Å²) in [6, 6.07) is 10.4. The van der Waals surface area contributed by atoms with E-state index in [1.54, 1.807) is 7.05 Å². The van der Waals surface area contributed by atoms with Crippen LogP contribution in [-0.2, 0) is 30.6 Å². The fraction of sp³-hybridized carbons (Fsp3) is 0.583. The van der Waals surface area contributed by atoms with Crippen LogP contribution < -0.4 is 10.6 Å². The van der Waals surface area contributed by atoms with Gasteiger partial charge in [-0.3, -0.25) is 9.79 Å². The molecule has 2 N–H and O–H groups in total. The Balaban J connectivity index is 1.18. The van der Waals surface area contributed by atoms with Crippen LogP contribution in [0.2, 0.25) is 0 Å². The van der Waals surface area contributed by atoms with Crippen LogP contribution in [0, 0.1) is 5.92 Å². The Labute approximate surface area is 190 Å². The van der Waals surface area contributed by atoms with Gasteiger partial charge >= 0.3 is 0 Å². The number of carbonyl (C=O) groups excluding carboxylic acids is 1. The van der Waals surface area contributed by atoms with Crippen molar-refractivity contribution in [2.75, 3.05) is 33.2 Å². The van der Waals surface area contributed by atoms with Crippen molar-refractivity contribution < 1.29 is 4.79 Å². The second-order valence-electron chi connectivity index (χ2n) is 8.77. The SMILES string of the molecule is CN=C(NCCc1nnc2n1CCCCC2)NCC1CC(=O)N(CCc2ccccc2)C1. The molecule has 0 spiro atoms. The summed E-state index contributed by atoms with van der Waals surface area (Å²) in [7, 11) is 1.78. The summed E-state index contributed by atoms with van der Waals surface area (Å²) in [6.45, 7) is 4.12. The zero-order chi connectivity index (χ0) is 22.2. The van der Waals surface area contributed by atoms with Crippen LogP contribution >= 0.6 is 0 Å². The topological polar surface area (TPSA) is 87.4 Å². The lowest BCUT2D eigenvalue weighted by Gasteiger charge is -2.18. The maximum atomic E-state index is 12.4. The molecular weight excluding hydrogens is 402 g/mol. The Hall–Kier alpha value is -2.90. The number of hydrogen-bond acceptors (Lipinski definition) is 4. The van der Waals surface area contributed by atoms with Crippen molar-refractivity contribution >= 4 is 11.9 Å². The van der Waals surface area contributed by atoms with E-state index in [0.29, 0.717) is 12.3 Å². The van der Waals surface area contributed by atoms with Gasteiger partial charge in [-0.2, -0.15) is 0 Å². The number of fused-ring (bicyclic) bond motifs is 1. The number of likely N-dealkylation sites (tertiary alicyclic amines) is 1. The Morgan fingerprint density at radius 3 is 2.84 bits per heavy atom. The maximum Gasteiger partial charge on any atom is 0.223 e. The van der Waals surface area contributed by atoms with Gasteiger partial charge in [-0.1, -0.05) is 36.8 Å². The second-order valence-corrected chi connectivity index (χ2v) is 8.77. The molecule has 32 heavy (non-hydrogen) atoms. The predicted molar refractivity (Wildman–Crippen MR) is 125 cm³/mol. The molecule has 1 aromatic heterocycles. The van der Waals surface area contributed by atoms with Crippen LogP contribution in [0.5, 0.6) is 0 Å². The zero-order valence-corrected chi connectivity index (χ0v) is 19.1. The van der Waals surface area contributed by atoms with Gasteiger partial charge in [-0.15, -0.1) is 10.2 Å². The van der Waals surface area contributed by atoms with Crippen molar-refractivity contribution in [3.63, 3.8) is 0 Å². The Morgan fingerprint density at radius 2 is 2.00 bits per heavy atom. The highest BCUT2D eigenvalue weighted by atomic mass is 16.2. The third-order valence-electron chi connectivity index (χ3n) is 6.42. The summed E-state index contributed by atoms with van der Waals surface area (Å²) in [5, 5.41) is 15.5.